The van der Waals surface area contributed by atoms with Crippen LogP contribution in [0.4, 0.5) is 0 Å². The van der Waals surface area contributed by atoms with Crippen molar-refractivity contribution in [2.75, 3.05) is 0 Å². The minimum absolute atomic E-state index is 0.0563. The van der Waals surface area contributed by atoms with Crippen molar-refractivity contribution in [1.29, 1.82) is 0 Å². The molecule has 0 amide bonds. The number of hydrogen-bond acceptors (Lipinski definition) is 3. The Morgan fingerprint density at radius 2 is 1.05 bits per heavy atom. The summed E-state index contributed by atoms with van der Waals surface area (Å²) in [7, 11) is 0. The van der Waals surface area contributed by atoms with Crippen LogP contribution in [0.5, 0.6) is 23.0 Å². The van der Waals surface area contributed by atoms with Gasteiger partial charge >= 0.3 is 346 Å². The van der Waals surface area contributed by atoms with Gasteiger partial charge in [0.2, 0.25) is 0 Å². The number of nitrogens with zero attached hydrogens (tertiary/aromatic N) is 4. The Hall–Kier alpha value is -9.09. The number of hydrogen-bond donors (Lipinski definition) is 0. The molecule has 13 aromatic rings. The van der Waals surface area contributed by atoms with Gasteiger partial charge in [-0.3, -0.25) is 0 Å². The van der Waals surface area contributed by atoms with Crippen LogP contribution in [0.25, 0.3) is 83.4 Å². The van der Waals surface area contributed by atoms with E-state index in [1.807, 2.05) is 30.5 Å². The summed E-state index contributed by atoms with van der Waals surface area (Å²) in [4.78, 5) is 4.99. The molecule has 0 atom stereocenters. The van der Waals surface area contributed by atoms with Gasteiger partial charge in [-0.15, -0.1) is 0 Å². The second-order valence-corrected chi connectivity index (χ2v) is 24.7. The molecule has 4 heterocycles. The first-order valence-electron chi connectivity index (χ1n) is 28.0. The van der Waals surface area contributed by atoms with Crippen molar-refractivity contribution >= 4 is 32.8 Å². The molecule has 1 aliphatic heterocycles. The van der Waals surface area contributed by atoms with Crippen LogP contribution in [0.2, 0.25) is 0 Å². The Labute approximate surface area is 488 Å². The molecule has 0 radical (unpaired) electrons. The van der Waals surface area contributed by atoms with Gasteiger partial charge in [0.05, 0.1) is 5.41 Å². The Morgan fingerprint density at radius 3 is 1.74 bits per heavy atom. The molecule has 0 bridgehead atoms. The maximum atomic E-state index is 6.92. The van der Waals surface area contributed by atoms with E-state index in [0.29, 0.717) is 11.5 Å². The van der Waals surface area contributed by atoms with Crippen molar-refractivity contribution in [3.8, 4) is 73.6 Å². The summed E-state index contributed by atoms with van der Waals surface area (Å²) in [5.41, 5.74) is 19.6. The first kappa shape index (κ1) is 49.9. The zero-order chi connectivity index (χ0) is 55.6. The molecule has 10 aromatic carbocycles. The molecule has 6 nitrogen and oxygen atoms in total. The topological polar surface area (TPSA) is 46.1 Å². The maximum absolute atomic E-state index is 6.92. The van der Waals surface area contributed by atoms with Crippen LogP contribution in [0.1, 0.15) is 74.9 Å². The number of pyridine rings is 1. The van der Waals surface area contributed by atoms with Gasteiger partial charge in [-0.1, -0.05) is 66.7 Å². The molecular weight excluding hydrogens is 1180 g/mol. The quantitative estimate of drug-likeness (QED) is 0.149. The summed E-state index contributed by atoms with van der Waals surface area (Å²) in [6, 6.07) is 88.0. The number of benzene rings is 10. The number of imidazole rings is 1. The second kappa shape index (κ2) is 18.7. The number of rotatable bonds is 7. The SMILES string of the molecule is CC(C)(C)c1cc(-c2cccc(-c3ccccc3)c2-n2[c](=[Pt])n(-c3[c-]c(Oc4[c-]c5c(cc4)c4cc6c(cc4n5-c4ccccn4)C4(c5ccccc5Oc5ccccc54)c4ccccc4-6)ccc3)c3ccccc32)cc(C(C)(C)C)c1. The number of para-hydroxylation sites is 5. The van der Waals surface area contributed by atoms with E-state index in [9.17, 15) is 0 Å². The van der Waals surface area contributed by atoms with E-state index in [0.717, 1.165) is 93.2 Å². The summed E-state index contributed by atoms with van der Waals surface area (Å²) in [6.07, 6.45) is 1.86. The van der Waals surface area contributed by atoms with Gasteiger partial charge in [0.15, 0.2) is 0 Å². The van der Waals surface area contributed by atoms with Gasteiger partial charge in [0, 0.05) is 17.3 Å². The average Bonchev–Trinajstić information content (AvgIpc) is 1.65. The van der Waals surface area contributed by atoms with E-state index in [-0.39, 0.29) is 10.8 Å². The van der Waals surface area contributed by atoms with Crippen molar-refractivity contribution in [1.82, 2.24) is 18.7 Å². The van der Waals surface area contributed by atoms with Crippen molar-refractivity contribution in [3.63, 3.8) is 0 Å². The summed E-state index contributed by atoms with van der Waals surface area (Å²) < 4.78 is 21.6. The molecule has 7 heteroatoms. The first-order chi connectivity index (χ1) is 39.8. The number of ether oxygens (including phenoxy) is 2. The normalized spacial score (nSPS) is 13.3. The van der Waals surface area contributed by atoms with Crippen LogP contribution in [-0.4, -0.2) is 18.7 Å². The van der Waals surface area contributed by atoms with E-state index in [1.165, 1.54) is 38.9 Å². The number of fused-ring (bicyclic) bond motifs is 13. The van der Waals surface area contributed by atoms with Gasteiger partial charge < -0.3 is 4.74 Å². The zero-order valence-corrected chi connectivity index (χ0v) is 48.6. The first-order valence-corrected chi connectivity index (χ1v) is 29.1. The Morgan fingerprint density at radius 1 is 0.451 bits per heavy atom. The molecule has 400 valence electrons. The van der Waals surface area contributed by atoms with Crippen LogP contribution in [0.15, 0.2) is 231 Å². The van der Waals surface area contributed by atoms with Crippen LogP contribution >= 0.6 is 0 Å². The van der Waals surface area contributed by atoms with Crippen LogP contribution in [-0.2, 0) is 35.6 Å². The van der Waals surface area contributed by atoms with E-state index in [2.05, 4.69) is 287 Å². The van der Waals surface area contributed by atoms with Gasteiger partial charge in [-0.2, -0.15) is 0 Å². The molecule has 0 fully saturated rings. The predicted molar refractivity (Wildman–Crippen MR) is 328 cm³/mol. The molecule has 0 N–H and O–H groups in total. The Bertz CT molecular complexity index is 4720. The van der Waals surface area contributed by atoms with E-state index in [1.54, 1.807) is 0 Å². The molecule has 82 heavy (non-hydrogen) atoms. The Balaban J connectivity index is 0.886. The summed E-state index contributed by atoms with van der Waals surface area (Å²) >= 11 is 2.52. The Kier molecular flexibility index (Phi) is 11.4. The third kappa shape index (κ3) is 7.72. The van der Waals surface area contributed by atoms with Gasteiger partial charge in [-0.25, -0.2) is 0 Å². The molecule has 0 saturated carbocycles. The fourth-order valence-electron chi connectivity index (χ4n) is 12.9. The van der Waals surface area contributed by atoms with Crippen LogP contribution < -0.4 is 9.47 Å². The van der Waals surface area contributed by atoms with Crippen molar-refractivity contribution in [3.05, 3.63) is 280 Å². The van der Waals surface area contributed by atoms with Crippen LogP contribution in [0.3, 0.4) is 0 Å². The van der Waals surface area contributed by atoms with Gasteiger partial charge in [-0.05, 0) is 40.5 Å². The van der Waals surface area contributed by atoms with E-state index >= 15 is 0 Å². The molecule has 3 aromatic heterocycles. The summed E-state index contributed by atoms with van der Waals surface area (Å²) in [5.74, 6) is 3.65. The zero-order valence-electron chi connectivity index (χ0n) is 46.4. The minimum atomic E-state index is -0.625. The van der Waals surface area contributed by atoms with Crippen molar-refractivity contribution in [2.45, 2.75) is 57.8 Å². The molecular formula is C75H56N4O2Pt-2. The van der Waals surface area contributed by atoms with Gasteiger partial charge in [0.1, 0.15) is 11.5 Å². The third-order valence-electron chi connectivity index (χ3n) is 16.7. The van der Waals surface area contributed by atoms with E-state index < -0.39 is 5.41 Å². The van der Waals surface area contributed by atoms with Crippen molar-refractivity contribution < 1.29 is 28.8 Å². The fraction of sp³-hybridized carbons (Fsp3) is 0.120. The summed E-state index contributed by atoms with van der Waals surface area (Å²) in [5, 5.41) is 2.15. The molecule has 15 rings (SSSR count). The molecule has 1 aliphatic carbocycles. The molecule has 1 spiro atoms. The molecule has 0 unspecified atom stereocenters. The second-order valence-electron chi connectivity index (χ2n) is 23.7. The third-order valence-corrected chi connectivity index (χ3v) is 17.7. The predicted octanol–water partition coefficient (Wildman–Crippen LogP) is 18.8. The fourth-order valence-corrected chi connectivity index (χ4v) is 13.9. The van der Waals surface area contributed by atoms with E-state index in [4.69, 9.17) is 14.5 Å². The van der Waals surface area contributed by atoms with Crippen molar-refractivity contribution in [2.24, 2.45) is 0 Å². The van der Waals surface area contributed by atoms with Gasteiger partial charge in [0.25, 0.3) is 0 Å². The molecule has 0 saturated heterocycles. The number of aromatic nitrogens is 4. The monoisotopic (exact) mass is 1240 g/mol. The van der Waals surface area contributed by atoms with Crippen LogP contribution in [0, 0.1) is 15.9 Å². The molecule has 2 aliphatic rings. The standard InChI is InChI=1S/C75H56N4O2.Pt/c1-73(2,3)50-40-49(41-51(42-50)74(4,5)6)56-28-21-27-55(48-22-8-7-9-23-48)72(56)78-47-77(65-32-14-15-33-66(65)78)52-24-20-25-53(43-52)80-54-37-38-58-60-45-59-57-26-10-11-29-61(57)75(62-30-12-16-34-69(62)81-70-35-17-13-31-63(70)75)64(59)46-68(60)79(67(58)44-54)71-36-18-19-39-76-71;/h7-42,45-46H,1-6H3;/q-2;. The average molecular weight is 1240 g/mol. The summed E-state index contributed by atoms with van der Waals surface area (Å²) in [6.45, 7) is 13.8.